The van der Waals surface area contributed by atoms with Crippen LogP contribution in [0.3, 0.4) is 0 Å². The highest BCUT2D eigenvalue weighted by atomic mass is 16.3. The van der Waals surface area contributed by atoms with Gasteiger partial charge in [0.15, 0.2) is 0 Å². The van der Waals surface area contributed by atoms with E-state index in [0.717, 1.165) is 30.5 Å². The summed E-state index contributed by atoms with van der Waals surface area (Å²) in [5.41, 5.74) is 2.08. The number of rotatable bonds is 6. The van der Waals surface area contributed by atoms with Crippen molar-refractivity contribution in [3.63, 3.8) is 0 Å². The number of anilines is 1. The van der Waals surface area contributed by atoms with Crippen LogP contribution in [0.4, 0.5) is 10.5 Å². The van der Waals surface area contributed by atoms with Crippen LogP contribution < -0.4 is 10.6 Å². The summed E-state index contributed by atoms with van der Waals surface area (Å²) in [5.74, 6) is 0.440. The van der Waals surface area contributed by atoms with Crippen LogP contribution in [0.15, 0.2) is 24.3 Å². The van der Waals surface area contributed by atoms with Crippen molar-refractivity contribution in [1.29, 1.82) is 0 Å². The first-order chi connectivity index (χ1) is 10.1. The summed E-state index contributed by atoms with van der Waals surface area (Å²) in [6, 6.07) is 7.61. The zero-order valence-corrected chi connectivity index (χ0v) is 13.0. The Labute approximate surface area is 126 Å². The van der Waals surface area contributed by atoms with Gasteiger partial charge in [0.1, 0.15) is 0 Å². The zero-order chi connectivity index (χ0) is 15.3. The number of para-hydroxylation sites is 1. The van der Waals surface area contributed by atoms with Crippen molar-refractivity contribution in [2.45, 2.75) is 39.5 Å². The fraction of sp³-hybridized carbons (Fsp3) is 0.588. The minimum Gasteiger partial charge on any atom is -0.396 e. The lowest BCUT2D eigenvalue weighted by atomic mass is 9.60. The third-order valence-corrected chi connectivity index (χ3v) is 4.95. The molecule has 1 saturated carbocycles. The number of aryl methyl sites for hydroxylation is 1. The number of carbonyl (C=O) groups excluding carboxylic acids is 1. The molecule has 2 amide bonds. The van der Waals surface area contributed by atoms with Gasteiger partial charge < -0.3 is 15.7 Å². The topological polar surface area (TPSA) is 61.4 Å². The van der Waals surface area contributed by atoms with Crippen LogP contribution in [0.2, 0.25) is 0 Å². The van der Waals surface area contributed by atoms with Crippen LogP contribution >= 0.6 is 0 Å². The van der Waals surface area contributed by atoms with Crippen molar-refractivity contribution < 1.29 is 9.90 Å². The quantitative estimate of drug-likeness (QED) is 0.752. The van der Waals surface area contributed by atoms with Crippen LogP contribution in [0.1, 0.15) is 38.2 Å². The maximum Gasteiger partial charge on any atom is 0.319 e. The highest BCUT2D eigenvalue weighted by Gasteiger charge is 2.41. The Kier molecular flexibility index (Phi) is 5.23. The van der Waals surface area contributed by atoms with E-state index in [1.165, 1.54) is 6.42 Å². The lowest BCUT2D eigenvalue weighted by molar-refractivity contribution is 0.0462. The number of nitrogens with one attached hydrogen (secondary N) is 2. The summed E-state index contributed by atoms with van der Waals surface area (Å²) in [6.07, 6.45) is 4.30. The molecule has 21 heavy (non-hydrogen) atoms. The summed E-state index contributed by atoms with van der Waals surface area (Å²) in [6.45, 7) is 5.06. The molecule has 0 saturated heterocycles. The molecule has 0 aromatic heterocycles. The average Bonchev–Trinajstić information content (AvgIpc) is 2.40. The van der Waals surface area contributed by atoms with E-state index in [-0.39, 0.29) is 18.1 Å². The zero-order valence-electron chi connectivity index (χ0n) is 13.0. The average molecular weight is 290 g/mol. The summed E-state index contributed by atoms with van der Waals surface area (Å²) in [4.78, 5) is 12.1. The fourth-order valence-electron chi connectivity index (χ4n) is 3.11. The molecular formula is C17H26N2O2. The molecule has 1 unspecified atom stereocenters. The molecule has 1 aromatic rings. The largest absolute Gasteiger partial charge is 0.396 e. The normalized spacial score (nSPS) is 17.7. The van der Waals surface area contributed by atoms with Crippen LogP contribution in [-0.4, -0.2) is 24.3 Å². The molecule has 1 aromatic carbocycles. The van der Waals surface area contributed by atoms with Crippen LogP contribution in [0.25, 0.3) is 0 Å². The van der Waals surface area contributed by atoms with E-state index in [4.69, 9.17) is 5.11 Å². The minimum atomic E-state index is -0.147. The lowest BCUT2D eigenvalue weighted by Crippen LogP contribution is -2.47. The summed E-state index contributed by atoms with van der Waals surface area (Å²) >= 11 is 0. The number of hydrogen-bond donors (Lipinski definition) is 3. The molecule has 0 bridgehead atoms. The number of benzene rings is 1. The second-order valence-electron chi connectivity index (χ2n) is 6.25. The monoisotopic (exact) mass is 290 g/mol. The van der Waals surface area contributed by atoms with Crippen LogP contribution in [0, 0.1) is 18.3 Å². The predicted molar refractivity (Wildman–Crippen MR) is 85.4 cm³/mol. The molecule has 0 spiro atoms. The van der Waals surface area contributed by atoms with Crippen molar-refractivity contribution in [3.8, 4) is 0 Å². The van der Waals surface area contributed by atoms with Crippen LogP contribution in [-0.2, 0) is 0 Å². The van der Waals surface area contributed by atoms with Gasteiger partial charge in [0.25, 0.3) is 0 Å². The molecule has 3 N–H and O–H groups in total. The number of hydrogen-bond acceptors (Lipinski definition) is 2. The van der Waals surface area contributed by atoms with Gasteiger partial charge in [-0.3, -0.25) is 0 Å². The van der Waals surface area contributed by atoms with Crippen LogP contribution in [0.5, 0.6) is 0 Å². The Balaban J connectivity index is 1.87. The number of aliphatic hydroxyl groups is 1. The number of amides is 2. The van der Waals surface area contributed by atoms with Crippen molar-refractivity contribution >= 4 is 11.7 Å². The molecule has 0 radical (unpaired) electrons. The number of carbonyl (C=O) groups is 1. The van der Waals surface area contributed by atoms with E-state index >= 15 is 0 Å². The fourth-order valence-corrected chi connectivity index (χ4v) is 3.11. The van der Waals surface area contributed by atoms with Gasteiger partial charge in [-0.1, -0.05) is 31.5 Å². The van der Waals surface area contributed by atoms with Crippen molar-refractivity contribution in [2.24, 2.45) is 11.3 Å². The smallest absolute Gasteiger partial charge is 0.319 e. The molecule has 4 heteroatoms. The Bertz CT molecular complexity index is 483. The van der Waals surface area contributed by atoms with Gasteiger partial charge in [0, 0.05) is 18.8 Å². The van der Waals surface area contributed by atoms with Gasteiger partial charge >= 0.3 is 6.03 Å². The molecule has 4 nitrogen and oxygen atoms in total. The van der Waals surface area contributed by atoms with Gasteiger partial charge in [0.2, 0.25) is 0 Å². The number of aliphatic hydroxyl groups excluding tert-OH is 1. The molecule has 0 aliphatic heterocycles. The first kappa shape index (κ1) is 15.8. The van der Waals surface area contributed by atoms with Gasteiger partial charge in [-0.15, -0.1) is 0 Å². The molecule has 0 heterocycles. The highest BCUT2D eigenvalue weighted by Crippen LogP contribution is 2.47. The molecule has 2 rings (SSSR count). The maximum atomic E-state index is 12.1. The molecule has 116 valence electrons. The molecule has 1 aliphatic rings. The second-order valence-corrected chi connectivity index (χ2v) is 6.25. The second kappa shape index (κ2) is 6.94. The Morgan fingerprint density at radius 1 is 1.38 bits per heavy atom. The third-order valence-electron chi connectivity index (χ3n) is 4.95. The Morgan fingerprint density at radius 3 is 2.67 bits per heavy atom. The summed E-state index contributed by atoms with van der Waals surface area (Å²) in [5, 5.41) is 15.0. The van der Waals surface area contributed by atoms with E-state index in [1.54, 1.807) is 0 Å². The Morgan fingerprint density at radius 2 is 2.10 bits per heavy atom. The maximum absolute atomic E-state index is 12.1. The van der Waals surface area contributed by atoms with E-state index in [2.05, 4.69) is 17.6 Å². The van der Waals surface area contributed by atoms with Gasteiger partial charge in [-0.2, -0.15) is 0 Å². The lowest BCUT2D eigenvalue weighted by Gasteiger charge is -2.46. The first-order valence-corrected chi connectivity index (χ1v) is 7.79. The molecule has 1 atom stereocenters. The third kappa shape index (κ3) is 3.76. The van der Waals surface area contributed by atoms with Gasteiger partial charge in [-0.25, -0.2) is 4.79 Å². The number of urea groups is 1. The van der Waals surface area contributed by atoms with E-state index in [0.29, 0.717) is 12.5 Å². The van der Waals surface area contributed by atoms with Gasteiger partial charge in [-0.05, 0) is 49.1 Å². The van der Waals surface area contributed by atoms with Crippen molar-refractivity contribution in [1.82, 2.24) is 5.32 Å². The minimum absolute atomic E-state index is 0.147. The molecule has 1 aliphatic carbocycles. The molecule has 1 fully saturated rings. The SMILES string of the molecule is Cc1ccccc1NC(=O)NCC1(C(C)CCO)CCC1. The summed E-state index contributed by atoms with van der Waals surface area (Å²) < 4.78 is 0. The van der Waals surface area contributed by atoms with E-state index in [9.17, 15) is 4.79 Å². The summed E-state index contributed by atoms with van der Waals surface area (Å²) in [7, 11) is 0. The van der Waals surface area contributed by atoms with Gasteiger partial charge in [0.05, 0.1) is 0 Å². The molecular weight excluding hydrogens is 264 g/mol. The van der Waals surface area contributed by atoms with Crippen molar-refractivity contribution in [3.05, 3.63) is 29.8 Å². The van der Waals surface area contributed by atoms with Crippen molar-refractivity contribution in [2.75, 3.05) is 18.5 Å². The highest BCUT2D eigenvalue weighted by molar-refractivity contribution is 5.90. The van der Waals surface area contributed by atoms with E-state index in [1.807, 2.05) is 31.2 Å². The first-order valence-electron chi connectivity index (χ1n) is 7.79. The standard InChI is InChI=1S/C17H26N2O2/c1-13-6-3-4-7-15(13)19-16(21)18-12-17(9-5-10-17)14(2)8-11-20/h3-4,6-7,14,20H,5,8-12H2,1-2H3,(H2,18,19,21). The predicted octanol–water partition coefficient (Wildman–Crippen LogP) is 3.31. The van der Waals surface area contributed by atoms with E-state index < -0.39 is 0 Å². The Hall–Kier alpha value is -1.55.